The summed E-state index contributed by atoms with van der Waals surface area (Å²) >= 11 is 0. The van der Waals surface area contributed by atoms with Crippen LogP contribution in [0.15, 0.2) is 0 Å². The van der Waals surface area contributed by atoms with Crippen LogP contribution in [0.1, 0.15) is 213 Å². The second kappa shape index (κ2) is 34.4. The SMILES string of the molecule is CCCCCCCCCCCCCCCCCCNCCC[N+](C)(C)CCCCCCCCCCCCCCCC. The molecule has 0 unspecified atom stereocenters. The molecule has 41 heavy (non-hydrogen) atoms. The van der Waals surface area contributed by atoms with Crippen LogP contribution >= 0.6 is 0 Å². The van der Waals surface area contributed by atoms with Crippen molar-refractivity contribution in [1.29, 1.82) is 0 Å². The maximum atomic E-state index is 3.72. The van der Waals surface area contributed by atoms with Gasteiger partial charge in [0.05, 0.1) is 27.2 Å². The zero-order valence-electron chi connectivity index (χ0n) is 29.7. The van der Waals surface area contributed by atoms with Gasteiger partial charge in [-0.1, -0.05) is 187 Å². The fourth-order valence-corrected chi connectivity index (χ4v) is 6.40. The van der Waals surface area contributed by atoms with Gasteiger partial charge in [-0.15, -0.1) is 0 Å². The van der Waals surface area contributed by atoms with Crippen molar-refractivity contribution >= 4 is 0 Å². The fraction of sp³-hybridized carbons (Fsp3) is 1.00. The normalized spacial score (nSPS) is 12.0. The van der Waals surface area contributed by atoms with Crippen LogP contribution in [-0.2, 0) is 0 Å². The molecule has 0 saturated heterocycles. The van der Waals surface area contributed by atoms with E-state index in [4.69, 9.17) is 0 Å². The molecule has 0 amide bonds. The van der Waals surface area contributed by atoms with Crippen molar-refractivity contribution in [3.8, 4) is 0 Å². The maximum absolute atomic E-state index is 3.72. The minimum atomic E-state index is 1.21. The zero-order chi connectivity index (χ0) is 30.0. The Labute approximate surface area is 262 Å². The lowest BCUT2D eigenvalue weighted by molar-refractivity contribution is -0.890. The summed E-state index contributed by atoms with van der Waals surface area (Å²) in [5, 5.41) is 3.72. The van der Waals surface area contributed by atoms with Gasteiger partial charge in [-0.2, -0.15) is 0 Å². The maximum Gasteiger partial charge on any atom is 0.0794 e. The van der Waals surface area contributed by atoms with Crippen molar-refractivity contribution < 1.29 is 4.48 Å². The molecule has 0 atom stereocenters. The minimum absolute atomic E-state index is 1.21. The van der Waals surface area contributed by atoms with Crippen LogP contribution < -0.4 is 5.32 Å². The van der Waals surface area contributed by atoms with Crippen LogP contribution in [0, 0.1) is 0 Å². The average molecular weight is 580 g/mol. The summed E-state index contributed by atoms with van der Waals surface area (Å²) in [7, 11) is 4.88. The van der Waals surface area contributed by atoms with Crippen LogP contribution in [-0.4, -0.2) is 44.8 Å². The van der Waals surface area contributed by atoms with E-state index in [0.717, 1.165) is 0 Å². The summed E-state index contributed by atoms with van der Waals surface area (Å²) in [6, 6.07) is 0. The van der Waals surface area contributed by atoms with Crippen LogP contribution in [0.5, 0.6) is 0 Å². The third-order valence-electron chi connectivity index (χ3n) is 9.44. The molecule has 0 fully saturated rings. The number of unbranched alkanes of at least 4 members (excludes halogenated alkanes) is 28. The molecule has 0 aliphatic heterocycles. The van der Waals surface area contributed by atoms with E-state index in [0.29, 0.717) is 0 Å². The van der Waals surface area contributed by atoms with Crippen molar-refractivity contribution in [1.82, 2.24) is 5.32 Å². The summed E-state index contributed by atoms with van der Waals surface area (Å²) in [6.07, 6.45) is 45.0. The highest BCUT2D eigenvalue weighted by atomic mass is 15.3. The minimum Gasteiger partial charge on any atom is -0.328 e. The van der Waals surface area contributed by atoms with Crippen molar-refractivity contribution in [2.45, 2.75) is 213 Å². The van der Waals surface area contributed by atoms with E-state index in [1.807, 2.05) is 0 Å². The van der Waals surface area contributed by atoms with Gasteiger partial charge in [0, 0.05) is 13.0 Å². The van der Waals surface area contributed by atoms with Gasteiger partial charge in [-0.3, -0.25) is 0 Å². The highest BCUT2D eigenvalue weighted by Gasteiger charge is 2.13. The van der Waals surface area contributed by atoms with E-state index >= 15 is 0 Å². The van der Waals surface area contributed by atoms with Gasteiger partial charge >= 0.3 is 0 Å². The van der Waals surface area contributed by atoms with Crippen LogP contribution in [0.25, 0.3) is 0 Å². The van der Waals surface area contributed by atoms with Gasteiger partial charge < -0.3 is 9.80 Å². The molecule has 0 bridgehead atoms. The smallest absolute Gasteiger partial charge is 0.0794 e. The molecular formula is C39H83N2+. The third kappa shape index (κ3) is 36.0. The Kier molecular flexibility index (Phi) is 34.3. The number of rotatable bonds is 36. The predicted octanol–water partition coefficient (Wildman–Crippen LogP) is 12.8. The lowest BCUT2D eigenvalue weighted by atomic mass is 10.0. The topological polar surface area (TPSA) is 12.0 Å². The molecule has 0 radical (unpaired) electrons. The summed E-state index contributed by atoms with van der Waals surface area (Å²) in [4.78, 5) is 0. The predicted molar refractivity (Wildman–Crippen MR) is 189 cm³/mol. The molecule has 0 saturated carbocycles. The highest BCUT2D eigenvalue weighted by molar-refractivity contribution is 4.53. The Morgan fingerprint density at radius 1 is 0.293 bits per heavy atom. The number of nitrogens with zero attached hydrogens (tertiary/aromatic N) is 1. The second-order valence-electron chi connectivity index (χ2n) is 14.4. The average Bonchev–Trinajstić information content (AvgIpc) is 2.96. The van der Waals surface area contributed by atoms with Gasteiger partial charge in [0.15, 0.2) is 0 Å². The first-order chi connectivity index (χ1) is 20.1. The van der Waals surface area contributed by atoms with Crippen molar-refractivity contribution in [3.63, 3.8) is 0 Å². The molecule has 248 valence electrons. The standard InChI is InChI=1S/C39H83N2/c1-5-7-9-11-13-15-17-19-21-22-23-25-27-29-31-33-36-40-37-35-39-41(3,4)38-34-32-30-28-26-24-20-18-16-14-12-10-8-6-2/h40H,5-39H2,1-4H3/q+1. The summed E-state index contributed by atoms with van der Waals surface area (Å²) in [5.41, 5.74) is 0. The summed E-state index contributed by atoms with van der Waals surface area (Å²) in [5.74, 6) is 0. The number of hydrogen-bond donors (Lipinski definition) is 1. The largest absolute Gasteiger partial charge is 0.328 e. The van der Waals surface area contributed by atoms with E-state index in [9.17, 15) is 0 Å². The fourth-order valence-electron chi connectivity index (χ4n) is 6.40. The summed E-state index contributed by atoms with van der Waals surface area (Å²) in [6.45, 7) is 9.73. The Morgan fingerprint density at radius 3 is 0.878 bits per heavy atom. The van der Waals surface area contributed by atoms with Gasteiger partial charge in [-0.25, -0.2) is 0 Å². The van der Waals surface area contributed by atoms with Gasteiger partial charge in [0.2, 0.25) is 0 Å². The molecule has 0 rings (SSSR count). The Balaban J connectivity index is 3.25. The Hall–Kier alpha value is -0.0800. The molecule has 0 spiro atoms. The molecule has 0 aliphatic rings. The van der Waals surface area contributed by atoms with E-state index < -0.39 is 0 Å². The Morgan fingerprint density at radius 2 is 0.537 bits per heavy atom. The number of quaternary nitrogens is 1. The van der Waals surface area contributed by atoms with E-state index in [-0.39, 0.29) is 0 Å². The van der Waals surface area contributed by atoms with Crippen molar-refractivity contribution in [2.24, 2.45) is 0 Å². The van der Waals surface area contributed by atoms with Gasteiger partial charge in [0.1, 0.15) is 0 Å². The second-order valence-corrected chi connectivity index (χ2v) is 14.4. The highest BCUT2D eigenvalue weighted by Crippen LogP contribution is 2.15. The van der Waals surface area contributed by atoms with E-state index in [1.54, 1.807) is 0 Å². The molecule has 0 aromatic heterocycles. The molecule has 0 heterocycles. The first kappa shape index (κ1) is 40.9. The van der Waals surface area contributed by atoms with E-state index in [1.165, 1.54) is 230 Å². The number of nitrogens with one attached hydrogen (secondary N) is 1. The first-order valence-corrected chi connectivity index (χ1v) is 19.6. The molecule has 0 aromatic carbocycles. The third-order valence-corrected chi connectivity index (χ3v) is 9.44. The monoisotopic (exact) mass is 580 g/mol. The molecule has 0 aliphatic carbocycles. The van der Waals surface area contributed by atoms with Crippen LogP contribution in [0.4, 0.5) is 0 Å². The van der Waals surface area contributed by atoms with E-state index in [2.05, 4.69) is 33.3 Å². The molecule has 1 N–H and O–H groups in total. The van der Waals surface area contributed by atoms with Crippen molar-refractivity contribution in [3.05, 3.63) is 0 Å². The molecule has 2 heteroatoms. The van der Waals surface area contributed by atoms with Gasteiger partial charge in [-0.05, 0) is 25.8 Å². The lowest BCUT2D eigenvalue weighted by Crippen LogP contribution is -2.42. The Bertz CT molecular complexity index is 460. The molecular weight excluding hydrogens is 496 g/mol. The van der Waals surface area contributed by atoms with Crippen molar-refractivity contribution in [2.75, 3.05) is 40.3 Å². The van der Waals surface area contributed by atoms with Crippen LogP contribution in [0.3, 0.4) is 0 Å². The molecule has 2 nitrogen and oxygen atoms in total. The molecule has 0 aromatic rings. The zero-order valence-corrected chi connectivity index (χ0v) is 29.7. The number of hydrogen-bond acceptors (Lipinski definition) is 1. The van der Waals surface area contributed by atoms with Gasteiger partial charge in [0.25, 0.3) is 0 Å². The first-order valence-electron chi connectivity index (χ1n) is 19.6. The lowest BCUT2D eigenvalue weighted by Gasteiger charge is -2.30. The quantitative estimate of drug-likeness (QED) is 0.0575. The summed E-state index contributed by atoms with van der Waals surface area (Å²) < 4.78 is 1.21. The van der Waals surface area contributed by atoms with Crippen LogP contribution in [0.2, 0.25) is 0 Å².